The number of hydrogen-bond donors (Lipinski definition) is 4. The lowest BCUT2D eigenvalue weighted by atomic mass is 10.1. The summed E-state index contributed by atoms with van der Waals surface area (Å²) < 4.78 is 0. The van der Waals surface area contributed by atoms with Crippen LogP contribution in [0.1, 0.15) is 43.7 Å². The molecular weight excluding hydrogens is 456 g/mol. The lowest BCUT2D eigenvalue weighted by molar-refractivity contribution is -0.128. The van der Waals surface area contributed by atoms with Crippen LogP contribution in [-0.2, 0) is 29.7 Å². The molecule has 34 heavy (non-hydrogen) atoms. The van der Waals surface area contributed by atoms with Gasteiger partial charge in [-0.25, -0.2) is 0 Å². The Kier molecular flexibility index (Phi) is 13.3. The van der Waals surface area contributed by atoms with Crippen LogP contribution < -0.4 is 16.0 Å². The van der Waals surface area contributed by atoms with E-state index in [9.17, 15) is 24.0 Å². The van der Waals surface area contributed by atoms with Crippen molar-refractivity contribution in [2.24, 2.45) is 0 Å². The molecule has 0 heterocycles. The number of thiol groups is 1. The predicted molar refractivity (Wildman–Crippen MR) is 134 cm³/mol. The number of nitrogens with one attached hydrogen (secondary N) is 3. The van der Waals surface area contributed by atoms with E-state index >= 15 is 0 Å². The van der Waals surface area contributed by atoms with Crippen LogP contribution in [0.25, 0.3) is 0 Å². The van der Waals surface area contributed by atoms with Crippen LogP contribution in [0, 0.1) is 6.92 Å². The number of amides is 4. The molecule has 10 heteroatoms. The van der Waals surface area contributed by atoms with Gasteiger partial charge in [0.05, 0.1) is 6.54 Å². The monoisotopic (exact) mass is 490 g/mol. The average molecular weight is 491 g/mol. The second-order valence-electron chi connectivity index (χ2n) is 7.92. The Hall–Kier alpha value is -3.14. The van der Waals surface area contributed by atoms with Crippen molar-refractivity contribution in [3.63, 3.8) is 0 Å². The van der Waals surface area contributed by atoms with Gasteiger partial charge in [-0.1, -0.05) is 12.5 Å². The van der Waals surface area contributed by atoms with Gasteiger partial charge in [-0.05, 0) is 56.0 Å². The highest BCUT2D eigenvalue weighted by Crippen LogP contribution is 2.16. The summed E-state index contributed by atoms with van der Waals surface area (Å²) in [6.07, 6.45) is 5.23. The van der Waals surface area contributed by atoms with Crippen molar-refractivity contribution in [3.8, 4) is 0 Å². The molecule has 0 saturated carbocycles. The van der Waals surface area contributed by atoms with Crippen LogP contribution in [-0.4, -0.2) is 61.0 Å². The second-order valence-corrected chi connectivity index (χ2v) is 8.24. The first-order valence-electron chi connectivity index (χ1n) is 11.1. The number of anilines is 1. The summed E-state index contributed by atoms with van der Waals surface area (Å²) in [4.78, 5) is 59.7. The quantitative estimate of drug-likeness (QED) is 0.137. The zero-order valence-electron chi connectivity index (χ0n) is 19.9. The highest BCUT2D eigenvalue weighted by atomic mass is 32.1. The van der Waals surface area contributed by atoms with E-state index in [1.165, 1.54) is 11.0 Å². The van der Waals surface area contributed by atoms with Crippen molar-refractivity contribution < 1.29 is 24.0 Å². The molecule has 0 aliphatic carbocycles. The number of benzene rings is 1. The Labute approximate surface area is 206 Å². The SMILES string of the molecule is Cc1cc(NC(=O)C(C)NC(=O)CNC(=O)CCCCCN(C)C(=O)/C=C\C=O)ccc1CS. The van der Waals surface area contributed by atoms with Gasteiger partial charge in [0.25, 0.3) is 0 Å². The maximum absolute atomic E-state index is 12.3. The predicted octanol–water partition coefficient (Wildman–Crippen LogP) is 1.76. The van der Waals surface area contributed by atoms with Crippen LogP contribution in [0.3, 0.4) is 0 Å². The molecule has 0 spiro atoms. The molecule has 1 aromatic rings. The van der Waals surface area contributed by atoms with Crippen molar-refractivity contribution in [3.05, 3.63) is 41.5 Å². The summed E-state index contributed by atoms with van der Waals surface area (Å²) >= 11 is 4.25. The summed E-state index contributed by atoms with van der Waals surface area (Å²) in [7, 11) is 1.64. The van der Waals surface area contributed by atoms with E-state index < -0.39 is 11.9 Å². The highest BCUT2D eigenvalue weighted by molar-refractivity contribution is 7.79. The van der Waals surface area contributed by atoms with Crippen molar-refractivity contribution in [1.29, 1.82) is 0 Å². The second kappa shape index (κ2) is 15.7. The van der Waals surface area contributed by atoms with Gasteiger partial charge >= 0.3 is 0 Å². The van der Waals surface area contributed by atoms with Crippen LogP contribution in [0.4, 0.5) is 5.69 Å². The van der Waals surface area contributed by atoms with E-state index in [2.05, 4.69) is 28.6 Å². The molecule has 1 aromatic carbocycles. The Balaban J connectivity index is 2.25. The molecule has 0 saturated heterocycles. The van der Waals surface area contributed by atoms with Crippen molar-refractivity contribution in [2.45, 2.75) is 51.3 Å². The lowest BCUT2D eigenvalue weighted by Gasteiger charge is -2.15. The van der Waals surface area contributed by atoms with Crippen LogP contribution >= 0.6 is 12.6 Å². The van der Waals surface area contributed by atoms with E-state index in [1.54, 1.807) is 20.0 Å². The fourth-order valence-electron chi connectivity index (χ4n) is 3.00. The zero-order valence-corrected chi connectivity index (χ0v) is 20.8. The first-order chi connectivity index (χ1) is 16.2. The molecule has 1 atom stereocenters. The highest BCUT2D eigenvalue weighted by Gasteiger charge is 2.16. The third kappa shape index (κ3) is 11.1. The topological polar surface area (TPSA) is 125 Å². The molecule has 3 N–H and O–H groups in total. The lowest BCUT2D eigenvalue weighted by Crippen LogP contribution is -2.45. The summed E-state index contributed by atoms with van der Waals surface area (Å²) in [5.74, 6) is -0.716. The number of likely N-dealkylation sites (N-methyl/N-ethyl adjacent to an activating group) is 1. The number of aldehydes is 1. The van der Waals surface area contributed by atoms with Crippen molar-refractivity contribution in [2.75, 3.05) is 25.5 Å². The van der Waals surface area contributed by atoms with Crippen molar-refractivity contribution in [1.82, 2.24) is 15.5 Å². The number of carbonyl (C=O) groups excluding carboxylic acids is 5. The number of rotatable bonds is 14. The maximum Gasteiger partial charge on any atom is 0.246 e. The standard InChI is InChI=1S/C24H34N4O5S/c1-17-14-20(11-10-19(17)16-34)27-24(33)18(2)26-22(31)15-25-21(30)8-5-4-6-12-28(3)23(32)9-7-13-29/h7,9-11,13-14,18,34H,4-6,8,12,15-16H2,1-3H3,(H,25,30)(H,26,31)(H,27,33)/b9-7-. The first kappa shape index (κ1) is 28.9. The first-order valence-corrected chi connectivity index (χ1v) is 11.8. The molecule has 0 radical (unpaired) electrons. The van der Waals surface area contributed by atoms with Gasteiger partial charge in [-0.2, -0.15) is 12.6 Å². The van der Waals surface area contributed by atoms with Crippen LogP contribution in [0.2, 0.25) is 0 Å². The maximum atomic E-state index is 12.3. The molecule has 0 fully saturated rings. The number of aryl methyl sites for hydroxylation is 1. The molecular formula is C24H34N4O5S. The smallest absolute Gasteiger partial charge is 0.246 e. The third-order valence-corrected chi connectivity index (χ3v) is 5.43. The third-order valence-electron chi connectivity index (χ3n) is 5.09. The molecule has 186 valence electrons. The normalized spacial score (nSPS) is 11.5. The van der Waals surface area contributed by atoms with Gasteiger partial charge in [-0.15, -0.1) is 0 Å². The number of hydrogen-bond acceptors (Lipinski definition) is 6. The Morgan fingerprint density at radius 1 is 1.12 bits per heavy atom. The number of unbranched alkanes of at least 4 members (excludes halogenated alkanes) is 2. The number of carbonyl (C=O) groups is 5. The molecule has 1 rings (SSSR count). The summed E-state index contributed by atoms with van der Waals surface area (Å²) in [6, 6.07) is 4.75. The van der Waals surface area contributed by atoms with Gasteiger partial charge in [-0.3, -0.25) is 24.0 Å². The van der Waals surface area contributed by atoms with Gasteiger partial charge in [0.15, 0.2) is 0 Å². The Bertz CT molecular complexity index is 903. The van der Waals surface area contributed by atoms with Gasteiger partial charge in [0.1, 0.15) is 12.3 Å². The fourth-order valence-corrected chi connectivity index (χ4v) is 3.35. The van der Waals surface area contributed by atoms with E-state index in [1.807, 2.05) is 19.1 Å². The van der Waals surface area contributed by atoms with Gasteiger partial charge in [0.2, 0.25) is 23.6 Å². The van der Waals surface area contributed by atoms with E-state index in [0.717, 1.165) is 23.6 Å². The minimum atomic E-state index is -0.768. The van der Waals surface area contributed by atoms with Crippen molar-refractivity contribution >= 4 is 48.2 Å². The van der Waals surface area contributed by atoms with E-state index in [4.69, 9.17) is 0 Å². The Morgan fingerprint density at radius 2 is 1.85 bits per heavy atom. The molecule has 0 aliphatic rings. The minimum Gasteiger partial charge on any atom is -0.347 e. The summed E-state index contributed by atoms with van der Waals surface area (Å²) in [5, 5.41) is 7.86. The molecule has 1 unspecified atom stereocenters. The van der Waals surface area contributed by atoms with Gasteiger partial charge in [0, 0.05) is 37.5 Å². The Morgan fingerprint density at radius 3 is 2.50 bits per heavy atom. The largest absolute Gasteiger partial charge is 0.347 e. The average Bonchev–Trinajstić information content (AvgIpc) is 2.80. The molecule has 0 aromatic heterocycles. The van der Waals surface area contributed by atoms with Crippen LogP contribution in [0.15, 0.2) is 30.4 Å². The molecule has 0 aliphatic heterocycles. The molecule has 4 amide bonds. The fraction of sp³-hybridized carbons (Fsp3) is 0.458. The minimum absolute atomic E-state index is 0.216. The zero-order chi connectivity index (χ0) is 25.5. The number of nitrogens with zero attached hydrogens (tertiary/aromatic N) is 1. The summed E-state index contributed by atoms with van der Waals surface area (Å²) in [5.41, 5.74) is 2.72. The van der Waals surface area contributed by atoms with Crippen LogP contribution in [0.5, 0.6) is 0 Å². The summed E-state index contributed by atoms with van der Waals surface area (Å²) in [6.45, 7) is 3.81. The van der Waals surface area contributed by atoms with E-state index in [0.29, 0.717) is 37.1 Å². The van der Waals surface area contributed by atoms with Gasteiger partial charge < -0.3 is 20.9 Å². The number of allylic oxidation sites excluding steroid dienone is 1. The molecule has 0 bridgehead atoms. The molecule has 9 nitrogen and oxygen atoms in total. The van der Waals surface area contributed by atoms with E-state index in [-0.39, 0.29) is 30.7 Å².